The molecule has 0 bridgehead atoms. The molecule has 0 aliphatic carbocycles. The number of rotatable bonds is 9. The predicted octanol–water partition coefficient (Wildman–Crippen LogP) is 1.76. The Morgan fingerprint density at radius 2 is 1.91 bits per heavy atom. The Kier molecular flexibility index (Phi) is 7.28. The van der Waals surface area contributed by atoms with Gasteiger partial charge >= 0.3 is 5.97 Å². The molecule has 0 fully saturated rings. The Morgan fingerprint density at radius 1 is 1.30 bits per heavy atom. The van der Waals surface area contributed by atoms with Gasteiger partial charge in [0.2, 0.25) is 0 Å². The molecule has 1 atom stereocenters. The number of nitrogens with one attached hydrogen (secondary N) is 1. The summed E-state index contributed by atoms with van der Waals surface area (Å²) in [6, 6.07) is 2.80. The number of ether oxygens (including phenoxy) is 2. The van der Waals surface area contributed by atoms with Gasteiger partial charge in [-0.1, -0.05) is 23.8 Å². The number of carbonyl (C=O) groups is 2. The van der Waals surface area contributed by atoms with Crippen molar-refractivity contribution in [2.24, 2.45) is 0 Å². The van der Waals surface area contributed by atoms with Crippen molar-refractivity contribution < 1.29 is 24.2 Å². The van der Waals surface area contributed by atoms with Gasteiger partial charge in [-0.2, -0.15) is 0 Å². The van der Waals surface area contributed by atoms with Crippen LogP contribution in [-0.2, 0) is 14.3 Å². The number of amides is 1. The average Bonchev–Trinajstić information content (AvgIpc) is 2.45. The van der Waals surface area contributed by atoms with Gasteiger partial charge in [-0.15, -0.1) is 6.58 Å². The third-order valence-corrected chi connectivity index (χ3v) is 3.11. The lowest BCUT2D eigenvalue weighted by molar-refractivity contribution is -0.143. The van der Waals surface area contributed by atoms with Crippen molar-refractivity contribution in [2.45, 2.75) is 26.8 Å². The second kappa shape index (κ2) is 8.95. The predicted molar refractivity (Wildman–Crippen MR) is 86.7 cm³/mol. The van der Waals surface area contributed by atoms with E-state index in [0.717, 1.165) is 16.7 Å². The zero-order chi connectivity index (χ0) is 17.4. The first-order valence-electron chi connectivity index (χ1n) is 7.26. The van der Waals surface area contributed by atoms with E-state index >= 15 is 0 Å². The van der Waals surface area contributed by atoms with Crippen LogP contribution in [0.3, 0.4) is 0 Å². The number of aliphatic carboxylic acids is 1. The molecular weight excluding hydrogens is 298 g/mol. The van der Waals surface area contributed by atoms with E-state index in [2.05, 4.69) is 11.9 Å². The Hall–Kier alpha value is -2.34. The van der Waals surface area contributed by atoms with Crippen LogP contribution in [0.15, 0.2) is 24.8 Å². The normalized spacial score (nSPS) is 11.6. The summed E-state index contributed by atoms with van der Waals surface area (Å²) < 4.78 is 10.6. The fourth-order valence-corrected chi connectivity index (χ4v) is 2.21. The first-order chi connectivity index (χ1) is 10.8. The van der Waals surface area contributed by atoms with Gasteiger partial charge in [-0.05, 0) is 31.9 Å². The minimum absolute atomic E-state index is 0.129. The second-order valence-corrected chi connectivity index (χ2v) is 5.30. The Bertz CT molecular complexity index is 559. The smallest absolute Gasteiger partial charge is 0.328 e. The molecule has 1 unspecified atom stereocenters. The van der Waals surface area contributed by atoms with E-state index in [0.29, 0.717) is 5.75 Å². The summed E-state index contributed by atoms with van der Waals surface area (Å²) in [6.45, 7) is 9.09. The lowest BCUT2D eigenvalue weighted by Crippen LogP contribution is -2.45. The molecule has 0 aliphatic heterocycles. The van der Waals surface area contributed by atoms with E-state index in [4.69, 9.17) is 14.6 Å². The first-order valence-corrected chi connectivity index (χ1v) is 7.26. The molecule has 2 N–H and O–H groups in total. The molecule has 6 nitrogen and oxygen atoms in total. The number of aryl methyl sites for hydroxylation is 3. The molecule has 1 amide bonds. The molecule has 1 aromatic rings. The van der Waals surface area contributed by atoms with E-state index in [-0.39, 0.29) is 19.8 Å². The largest absolute Gasteiger partial charge is 0.483 e. The zero-order valence-electron chi connectivity index (χ0n) is 13.7. The van der Waals surface area contributed by atoms with Gasteiger partial charge in [0.15, 0.2) is 12.6 Å². The number of carbonyl (C=O) groups excluding carboxylic acids is 1. The number of hydrogen-bond acceptors (Lipinski definition) is 4. The van der Waals surface area contributed by atoms with E-state index in [1.54, 1.807) is 0 Å². The van der Waals surface area contributed by atoms with Crippen molar-refractivity contribution in [3.8, 4) is 5.75 Å². The highest BCUT2D eigenvalue weighted by atomic mass is 16.5. The van der Waals surface area contributed by atoms with Gasteiger partial charge in [0.25, 0.3) is 5.91 Å². The van der Waals surface area contributed by atoms with Crippen LogP contribution in [0.4, 0.5) is 0 Å². The summed E-state index contributed by atoms with van der Waals surface area (Å²) in [6.07, 6.45) is 1.51. The van der Waals surface area contributed by atoms with Crippen LogP contribution in [0.25, 0.3) is 0 Å². The van der Waals surface area contributed by atoms with Crippen LogP contribution in [0, 0.1) is 20.8 Å². The molecule has 0 saturated carbocycles. The van der Waals surface area contributed by atoms with Crippen LogP contribution in [-0.4, -0.2) is 42.8 Å². The Labute approximate surface area is 136 Å². The van der Waals surface area contributed by atoms with Gasteiger partial charge < -0.3 is 19.9 Å². The van der Waals surface area contributed by atoms with Gasteiger partial charge in [0.05, 0.1) is 13.2 Å². The molecule has 0 saturated heterocycles. The van der Waals surface area contributed by atoms with Crippen LogP contribution < -0.4 is 10.1 Å². The van der Waals surface area contributed by atoms with Crippen LogP contribution >= 0.6 is 0 Å². The second-order valence-electron chi connectivity index (χ2n) is 5.30. The average molecular weight is 321 g/mol. The van der Waals surface area contributed by atoms with E-state index in [1.807, 2.05) is 32.9 Å². The molecule has 0 aliphatic rings. The maximum absolute atomic E-state index is 11.9. The highest BCUT2D eigenvalue weighted by Gasteiger charge is 2.20. The van der Waals surface area contributed by atoms with Crippen molar-refractivity contribution in [3.05, 3.63) is 41.5 Å². The SMILES string of the molecule is C=CCOCC(NC(=O)COc1c(C)cc(C)cc1C)C(=O)O. The summed E-state index contributed by atoms with van der Waals surface area (Å²) in [7, 11) is 0. The number of hydrogen-bond donors (Lipinski definition) is 2. The number of carboxylic acid groups (broad SMARTS) is 1. The summed E-state index contributed by atoms with van der Waals surface area (Å²) in [5.74, 6) is -1.04. The van der Waals surface area contributed by atoms with Gasteiger partial charge in [0.1, 0.15) is 5.75 Å². The molecule has 6 heteroatoms. The Morgan fingerprint density at radius 3 is 2.43 bits per heavy atom. The van der Waals surface area contributed by atoms with E-state index in [1.165, 1.54) is 6.08 Å². The Balaban J connectivity index is 2.58. The molecule has 0 heterocycles. The fourth-order valence-electron chi connectivity index (χ4n) is 2.21. The molecule has 23 heavy (non-hydrogen) atoms. The molecule has 0 spiro atoms. The lowest BCUT2D eigenvalue weighted by atomic mass is 10.1. The third-order valence-electron chi connectivity index (χ3n) is 3.11. The quantitative estimate of drug-likeness (QED) is 0.535. The van der Waals surface area contributed by atoms with Crippen LogP contribution in [0.2, 0.25) is 0 Å². The molecular formula is C17H23NO5. The number of carboxylic acids is 1. The maximum Gasteiger partial charge on any atom is 0.328 e. The summed E-state index contributed by atoms with van der Waals surface area (Å²) in [4.78, 5) is 23.0. The van der Waals surface area contributed by atoms with Crippen LogP contribution in [0.1, 0.15) is 16.7 Å². The molecule has 0 radical (unpaired) electrons. The van der Waals surface area contributed by atoms with Gasteiger partial charge in [0, 0.05) is 0 Å². The fraction of sp³-hybridized carbons (Fsp3) is 0.412. The summed E-state index contributed by atoms with van der Waals surface area (Å²) in [5, 5.41) is 11.4. The zero-order valence-corrected chi connectivity index (χ0v) is 13.7. The third kappa shape index (κ3) is 6.12. The lowest BCUT2D eigenvalue weighted by Gasteiger charge is -2.16. The monoisotopic (exact) mass is 321 g/mol. The first kappa shape index (κ1) is 18.7. The van der Waals surface area contributed by atoms with E-state index in [9.17, 15) is 9.59 Å². The highest BCUT2D eigenvalue weighted by Crippen LogP contribution is 2.24. The van der Waals surface area contributed by atoms with Gasteiger partial charge in [-0.25, -0.2) is 4.79 Å². The summed E-state index contributed by atoms with van der Waals surface area (Å²) >= 11 is 0. The standard InChI is InChI=1S/C17H23NO5/c1-5-6-22-9-14(17(20)21)18-15(19)10-23-16-12(3)7-11(2)8-13(16)4/h5,7-8,14H,1,6,9-10H2,2-4H3,(H,18,19)(H,20,21). The topological polar surface area (TPSA) is 84.9 Å². The summed E-state index contributed by atoms with van der Waals surface area (Å²) in [5.41, 5.74) is 2.97. The molecule has 0 aromatic heterocycles. The van der Waals surface area contributed by atoms with Crippen molar-refractivity contribution in [1.82, 2.24) is 5.32 Å². The van der Waals surface area contributed by atoms with E-state index < -0.39 is 17.9 Å². The minimum atomic E-state index is -1.16. The molecule has 1 aromatic carbocycles. The van der Waals surface area contributed by atoms with Crippen molar-refractivity contribution >= 4 is 11.9 Å². The van der Waals surface area contributed by atoms with Crippen molar-refractivity contribution in [1.29, 1.82) is 0 Å². The molecule has 126 valence electrons. The van der Waals surface area contributed by atoms with Crippen molar-refractivity contribution in [3.63, 3.8) is 0 Å². The highest BCUT2D eigenvalue weighted by molar-refractivity contribution is 5.84. The van der Waals surface area contributed by atoms with Crippen molar-refractivity contribution in [2.75, 3.05) is 19.8 Å². The molecule has 1 rings (SSSR count). The maximum atomic E-state index is 11.9. The minimum Gasteiger partial charge on any atom is -0.483 e. The number of benzene rings is 1. The van der Waals surface area contributed by atoms with Crippen LogP contribution in [0.5, 0.6) is 5.75 Å². The van der Waals surface area contributed by atoms with Gasteiger partial charge in [-0.3, -0.25) is 4.79 Å².